The molecule has 27 heavy (non-hydrogen) atoms. The maximum absolute atomic E-state index is 13.2. The maximum Gasteiger partial charge on any atom is 0.262 e. The first-order chi connectivity index (χ1) is 13.0. The zero-order chi connectivity index (χ0) is 19.4. The number of ether oxygens (including phenoxy) is 1. The van der Waals surface area contributed by atoms with Crippen molar-refractivity contribution in [1.82, 2.24) is 9.55 Å². The summed E-state index contributed by atoms with van der Waals surface area (Å²) < 4.78 is 20.0. The van der Waals surface area contributed by atoms with Crippen molar-refractivity contribution < 1.29 is 9.13 Å². The summed E-state index contributed by atoms with van der Waals surface area (Å²) in [4.78, 5) is 17.7. The number of hydrogen-bond donors (Lipinski definition) is 0. The lowest BCUT2D eigenvalue weighted by atomic mass is 10.2. The van der Waals surface area contributed by atoms with E-state index >= 15 is 0 Å². The topological polar surface area (TPSA) is 44.1 Å². The first kappa shape index (κ1) is 19.9. The minimum atomic E-state index is -0.272. The van der Waals surface area contributed by atoms with E-state index in [0.29, 0.717) is 40.7 Å². The largest absolute Gasteiger partial charge is 0.385 e. The van der Waals surface area contributed by atoms with Crippen molar-refractivity contribution in [3.8, 4) is 0 Å². The average Bonchev–Trinajstić information content (AvgIpc) is 2.64. The van der Waals surface area contributed by atoms with Crippen molar-refractivity contribution in [2.75, 3.05) is 13.7 Å². The number of rotatable bonds is 7. The van der Waals surface area contributed by atoms with Crippen LogP contribution >= 0.6 is 23.4 Å². The lowest BCUT2D eigenvalue weighted by molar-refractivity contribution is 0.189. The number of benzene rings is 2. The molecule has 1 atom stereocenters. The fourth-order valence-electron chi connectivity index (χ4n) is 2.79. The lowest BCUT2D eigenvalue weighted by Gasteiger charge is -2.16. The molecule has 142 valence electrons. The third-order valence-electron chi connectivity index (χ3n) is 4.23. The second-order valence-corrected chi connectivity index (χ2v) is 7.92. The van der Waals surface area contributed by atoms with Gasteiger partial charge in [-0.15, -0.1) is 0 Å². The molecule has 0 amide bonds. The molecule has 0 aliphatic carbocycles. The second-order valence-electron chi connectivity index (χ2n) is 6.17. The van der Waals surface area contributed by atoms with Crippen LogP contribution in [0.25, 0.3) is 10.9 Å². The highest BCUT2D eigenvalue weighted by atomic mass is 35.5. The van der Waals surface area contributed by atoms with Crippen LogP contribution in [0.5, 0.6) is 0 Å². The summed E-state index contributed by atoms with van der Waals surface area (Å²) in [5, 5.41) is 1.69. The molecule has 3 aromatic rings. The molecule has 0 saturated heterocycles. The van der Waals surface area contributed by atoms with E-state index in [1.54, 1.807) is 42.0 Å². The first-order valence-corrected chi connectivity index (χ1v) is 9.86. The molecule has 1 aromatic heterocycles. The van der Waals surface area contributed by atoms with E-state index in [9.17, 15) is 9.18 Å². The second kappa shape index (κ2) is 8.87. The third-order valence-corrected chi connectivity index (χ3v) is 5.62. The minimum Gasteiger partial charge on any atom is -0.385 e. The quantitative estimate of drug-likeness (QED) is 0.312. The standard InChI is InChI=1S/C20H20ClFN2O2S/c1-13(14-4-7-16(22)8-5-14)27-20-23-18-12-15(21)6-9-17(18)19(25)24(20)10-3-11-26-2/h4-9,12-13H,3,10-11H2,1-2H3. The maximum atomic E-state index is 13.2. The van der Waals surface area contributed by atoms with Gasteiger partial charge in [-0.2, -0.15) is 0 Å². The van der Waals surface area contributed by atoms with Crippen LogP contribution in [-0.2, 0) is 11.3 Å². The summed E-state index contributed by atoms with van der Waals surface area (Å²) in [6.07, 6.45) is 0.704. The van der Waals surface area contributed by atoms with Gasteiger partial charge in [0.05, 0.1) is 10.9 Å². The summed E-state index contributed by atoms with van der Waals surface area (Å²) in [6, 6.07) is 11.5. The normalized spacial score (nSPS) is 12.4. The van der Waals surface area contributed by atoms with E-state index < -0.39 is 0 Å². The van der Waals surface area contributed by atoms with Crippen LogP contribution in [0.2, 0.25) is 5.02 Å². The predicted molar refractivity (Wildman–Crippen MR) is 108 cm³/mol. The minimum absolute atomic E-state index is 0.00260. The van der Waals surface area contributed by atoms with E-state index in [0.717, 1.165) is 5.56 Å². The van der Waals surface area contributed by atoms with Gasteiger partial charge in [-0.3, -0.25) is 9.36 Å². The molecule has 0 aliphatic heterocycles. The van der Waals surface area contributed by atoms with Gasteiger partial charge in [0.2, 0.25) is 0 Å². The van der Waals surface area contributed by atoms with Gasteiger partial charge in [0.25, 0.3) is 5.56 Å². The lowest BCUT2D eigenvalue weighted by Crippen LogP contribution is -2.24. The summed E-state index contributed by atoms with van der Waals surface area (Å²) in [6.45, 7) is 3.07. The number of nitrogens with zero attached hydrogens (tertiary/aromatic N) is 2. The predicted octanol–water partition coefficient (Wildman–Crippen LogP) is 5.08. The molecule has 0 N–H and O–H groups in total. The molecule has 3 rings (SSSR count). The highest BCUT2D eigenvalue weighted by molar-refractivity contribution is 7.99. The number of halogens is 2. The van der Waals surface area contributed by atoms with E-state index in [4.69, 9.17) is 16.3 Å². The molecule has 0 spiro atoms. The first-order valence-electron chi connectivity index (χ1n) is 8.60. The summed E-state index contributed by atoms with van der Waals surface area (Å²) >= 11 is 7.54. The van der Waals surface area contributed by atoms with Crippen LogP contribution in [0, 0.1) is 5.82 Å². The Kier molecular flexibility index (Phi) is 6.52. The molecule has 2 aromatic carbocycles. The zero-order valence-electron chi connectivity index (χ0n) is 15.1. The fraction of sp³-hybridized carbons (Fsp3) is 0.300. The number of methoxy groups -OCH3 is 1. The van der Waals surface area contributed by atoms with Crippen molar-refractivity contribution in [2.24, 2.45) is 0 Å². The number of thioether (sulfide) groups is 1. The Labute approximate surface area is 166 Å². The Bertz CT molecular complexity index is 992. The van der Waals surface area contributed by atoms with Crippen molar-refractivity contribution >= 4 is 34.3 Å². The molecule has 7 heteroatoms. The molecular weight excluding hydrogens is 387 g/mol. The van der Waals surface area contributed by atoms with Gasteiger partial charge in [0, 0.05) is 30.5 Å². The fourth-order valence-corrected chi connectivity index (χ4v) is 4.02. The Morgan fingerprint density at radius 2 is 2.00 bits per heavy atom. The molecule has 1 unspecified atom stereocenters. The van der Waals surface area contributed by atoms with Gasteiger partial charge < -0.3 is 4.74 Å². The number of fused-ring (bicyclic) bond motifs is 1. The van der Waals surface area contributed by atoms with Gasteiger partial charge in [0.1, 0.15) is 5.82 Å². The number of aromatic nitrogens is 2. The monoisotopic (exact) mass is 406 g/mol. The van der Waals surface area contributed by atoms with Crippen molar-refractivity contribution in [2.45, 2.75) is 30.3 Å². The van der Waals surface area contributed by atoms with E-state index in [1.165, 1.54) is 23.9 Å². The molecular formula is C20H20ClFN2O2S. The van der Waals surface area contributed by atoms with E-state index in [1.807, 2.05) is 6.92 Å². The van der Waals surface area contributed by atoms with Crippen LogP contribution in [-0.4, -0.2) is 23.3 Å². The van der Waals surface area contributed by atoms with Gasteiger partial charge in [-0.25, -0.2) is 9.37 Å². The van der Waals surface area contributed by atoms with E-state index in [2.05, 4.69) is 4.98 Å². The Morgan fingerprint density at radius 3 is 2.70 bits per heavy atom. The summed E-state index contributed by atoms with van der Waals surface area (Å²) in [5.41, 5.74) is 1.44. The van der Waals surface area contributed by atoms with Crippen molar-refractivity contribution in [3.63, 3.8) is 0 Å². The Hall–Kier alpha value is -1.89. The summed E-state index contributed by atoms with van der Waals surface area (Å²) in [7, 11) is 1.63. The molecule has 0 bridgehead atoms. The van der Waals surface area contributed by atoms with Gasteiger partial charge >= 0.3 is 0 Å². The van der Waals surface area contributed by atoms with Crippen LogP contribution in [0.3, 0.4) is 0 Å². The summed E-state index contributed by atoms with van der Waals surface area (Å²) in [5.74, 6) is -0.272. The van der Waals surface area contributed by atoms with Crippen LogP contribution in [0.15, 0.2) is 52.4 Å². The zero-order valence-corrected chi connectivity index (χ0v) is 16.7. The Balaban J connectivity index is 2.01. The van der Waals surface area contributed by atoms with E-state index in [-0.39, 0.29) is 16.6 Å². The molecule has 0 saturated carbocycles. The number of hydrogen-bond acceptors (Lipinski definition) is 4. The van der Waals surface area contributed by atoms with Crippen LogP contribution in [0.1, 0.15) is 24.2 Å². The Morgan fingerprint density at radius 1 is 1.26 bits per heavy atom. The van der Waals surface area contributed by atoms with Gasteiger partial charge in [-0.1, -0.05) is 35.5 Å². The van der Waals surface area contributed by atoms with Crippen LogP contribution in [0.4, 0.5) is 4.39 Å². The molecule has 0 aliphatic rings. The van der Waals surface area contributed by atoms with Crippen molar-refractivity contribution in [3.05, 3.63) is 69.2 Å². The van der Waals surface area contributed by atoms with Gasteiger partial charge in [-0.05, 0) is 49.2 Å². The molecule has 0 fully saturated rings. The highest BCUT2D eigenvalue weighted by Gasteiger charge is 2.16. The van der Waals surface area contributed by atoms with Crippen LogP contribution < -0.4 is 5.56 Å². The van der Waals surface area contributed by atoms with Crippen molar-refractivity contribution in [1.29, 1.82) is 0 Å². The van der Waals surface area contributed by atoms with Gasteiger partial charge in [0.15, 0.2) is 5.16 Å². The molecule has 4 nitrogen and oxygen atoms in total. The molecule has 0 radical (unpaired) electrons. The third kappa shape index (κ3) is 4.69. The average molecular weight is 407 g/mol. The molecule has 1 heterocycles. The SMILES string of the molecule is COCCCn1c(SC(C)c2ccc(F)cc2)nc2cc(Cl)ccc2c1=O. The highest BCUT2D eigenvalue weighted by Crippen LogP contribution is 2.34. The smallest absolute Gasteiger partial charge is 0.262 e.